The first kappa shape index (κ1) is 21.8. The monoisotopic (exact) mass is 473 g/mol. The molecular formula is C25H20ClN5O3. The molecule has 1 amide bonds. The van der Waals surface area contributed by atoms with Gasteiger partial charge in [-0.2, -0.15) is 0 Å². The first-order chi connectivity index (χ1) is 16.5. The number of carbonyl (C=O) groups is 1. The summed E-state index contributed by atoms with van der Waals surface area (Å²) in [5.74, 6) is 0.495. The van der Waals surface area contributed by atoms with Gasteiger partial charge < -0.3 is 9.80 Å². The molecule has 0 spiro atoms. The van der Waals surface area contributed by atoms with Gasteiger partial charge in [0.15, 0.2) is 5.82 Å². The van der Waals surface area contributed by atoms with Gasteiger partial charge in [-0.15, -0.1) is 10.2 Å². The Kier molecular flexibility index (Phi) is 5.81. The Morgan fingerprint density at radius 1 is 0.912 bits per heavy atom. The lowest BCUT2D eigenvalue weighted by atomic mass is 10.0. The maximum atomic E-state index is 12.9. The van der Waals surface area contributed by atoms with Crippen molar-refractivity contribution in [3.8, 4) is 11.3 Å². The maximum Gasteiger partial charge on any atom is 0.288 e. The van der Waals surface area contributed by atoms with Crippen molar-refractivity contribution in [3.05, 3.63) is 93.5 Å². The van der Waals surface area contributed by atoms with E-state index in [1.54, 1.807) is 4.90 Å². The highest BCUT2D eigenvalue weighted by atomic mass is 35.5. The molecule has 0 atom stereocenters. The summed E-state index contributed by atoms with van der Waals surface area (Å²) in [6.45, 7) is 2.12. The van der Waals surface area contributed by atoms with E-state index in [4.69, 9.17) is 11.6 Å². The molecule has 8 nitrogen and oxygen atoms in total. The van der Waals surface area contributed by atoms with Crippen LogP contribution in [-0.4, -0.2) is 52.1 Å². The second kappa shape index (κ2) is 9.07. The van der Waals surface area contributed by atoms with E-state index in [0.29, 0.717) is 26.2 Å². The fourth-order valence-electron chi connectivity index (χ4n) is 4.19. The standard InChI is InChI=1S/C25H20ClN5O3/c26-21-9-8-18(16-23(21)31(33)34)25(32)30-14-12-29(13-15-30)24-11-10-22(27-28-24)20-7-3-5-17-4-1-2-6-19(17)20/h1-11,16H,12-15H2. The summed E-state index contributed by atoms with van der Waals surface area (Å²) in [5, 5.41) is 22.3. The van der Waals surface area contributed by atoms with Gasteiger partial charge in [0.1, 0.15) is 5.02 Å². The van der Waals surface area contributed by atoms with E-state index in [-0.39, 0.29) is 22.2 Å². The summed E-state index contributed by atoms with van der Waals surface area (Å²) < 4.78 is 0. The molecule has 1 aliphatic heterocycles. The Labute approximate surface area is 200 Å². The highest BCUT2D eigenvalue weighted by molar-refractivity contribution is 6.32. The molecule has 1 aromatic heterocycles. The predicted octanol–water partition coefficient (Wildman–Crippen LogP) is 4.82. The summed E-state index contributed by atoms with van der Waals surface area (Å²) in [6, 6.07) is 22.3. The summed E-state index contributed by atoms with van der Waals surface area (Å²) in [5.41, 5.74) is 1.82. The van der Waals surface area contributed by atoms with Crippen LogP contribution in [0.1, 0.15) is 10.4 Å². The summed E-state index contributed by atoms with van der Waals surface area (Å²) in [4.78, 5) is 27.2. The Morgan fingerprint density at radius 2 is 1.68 bits per heavy atom. The first-order valence-electron chi connectivity index (χ1n) is 10.8. The average molecular weight is 474 g/mol. The van der Waals surface area contributed by atoms with E-state index < -0.39 is 4.92 Å². The number of amides is 1. The number of nitrogens with zero attached hydrogens (tertiary/aromatic N) is 5. The summed E-state index contributed by atoms with van der Waals surface area (Å²) in [6.07, 6.45) is 0. The lowest BCUT2D eigenvalue weighted by Gasteiger charge is -2.35. The third-order valence-corrected chi connectivity index (χ3v) is 6.32. The topological polar surface area (TPSA) is 92.5 Å². The Balaban J connectivity index is 1.27. The van der Waals surface area contributed by atoms with Gasteiger partial charge in [-0.1, -0.05) is 54.1 Å². The largest absolute Gasteiger partial charge is 0.352 e. The number of halogens is 1. The van der Waals surface area contributed by atoms with Gasteiger partial charge in [-0.05, 0) is 35.0 Å². The van der Waals surface area contributed by atoms with E-state index in [1.807, 2.05) is 36.4 Å². The number of carbonyl (C=O) groups excluding carboxylic acids is 1. The van der Waals surface area contributed by atoms with E-state index in [9.17, 15) is 14.9 Å². The van der Waals surface area contributed by atoms with Crippen LogP contribution < -0.4 is 4.90 Å². The second-order valence-electron chi connectivity index (χ2n) is 8.01. The molecule has 1 aliphatic rings. The van der Waals surface area contributed by atoms with Gasteiger partial charge >= 0.3 is 0 Å². The number of aromatic nitrogens is 2. The Morgan fingerprint density at radius 3 is 2.41 bits per heavy atom. The van der Waals surface area contributed by atoms with Crippen molar-refractivity contribution in [2.24, 2.45) is 0 Å². The number of anilines is 1. The number of hydrogen-bond acceptors (Lipinski definition) is 6. The van der Waals surface area contributed by atoms with Gasteiger partial charge in [0, 0.05) is 43.4 Å². The van der Waals surface area contributed by atoms with Crippen LogP contribution in [0.15, 0.2) is 72.8 Å². The van der Waals surface area contributed by atoms with E-state index >= 15 is 0 Å². The molecule has 0 bridgehead atoms. The van der Waals surface area contributed by atoms with Crippen LogP contribution in [0.25, 0.3) is 22.0 Å². The number of hydrogen-bond donors (Lipinski definition) is 0. The number of piperazine rings is 1. The van der Waals surface area contributed by atoms with Gasteiger partial charge in [0.2, 0.25) is 0 Å². The zero-order valence-electron chi connectivity index (χ0n) is 18.1. The first-order valence-corrected chi connectivity index (χ1v) is 11.2. The summed E-state index contributed by atoms with van der Waals surface area (Å²) >= 11 is 5.86. The molecule has 0 aliphatic carbocycles. The van der Waals surface area contributed by atoms with Crippen molar-refractivity contribution < 1.29 is 9.72 Å². The van der Waals surface area contributed by atoms with Gasteiger partial charge in [-0.25, -0.2) is 0 Å². The number of fused-ring (bicyclic) bond motifs is 1. The molecule has 3 aromatic carbocycles. The van der Waals surface area contributed by atoms with Crippen molar-refractivity contribution in [3.63, 3.8) is 0 Å². The van der Waals surface area contributed by atoms with Crippen molar-refractivity contribution in [1.82, 2.24) is 15.1 Å². The number of nitro benzene ring substituents is 1. The number of benzene rings is 3. The quantitative estimate of drug-likeness (QED) is 0.311. The van der Waals surface area contributed by atoms with Crippen molar-refractivity contribution in [2.75, 3.05) is 31.1 Å². The zero-order chi connectivity index (χ0) is 23.7. The van der Waals surface area contributed by atoms with E-state index in [2.05, 4.69) is 33.3 Å². The molecule has 1 fully saturated rings. The highest BCUT2D eigenvalue weighted by Crippen LogP contribution is 2.28. The predicted molar refractivity (Wildman–Crippen MR) is 131 cm³/mol. The normalized spacial score (nSPS) is 13.8. The Bertz CT molecular complexity index is 1380. The van der Waals surface area contributed by atoms with Crippen molar-refractivity contribution >= 4 is 39.8 Å². The van der Waals surface area contributed by atoms with Crippen LogP contribution in [0.3, 0.4) is 0 Å². The van der Waals surface area contributed by atoms with Gasteiger partial charge in [0.05, 0.1) is 10.6 Å². The molecule has 170 valence electrons. The van der Waals surface area contributed by atoms with E-state index in [1.165, 1.54) is 18.2 Å². The molecule has 4 aromatic rings. The smallest absolute Gasteiger partial charge is 0.288 e. The average Bonchev–Trinajstić information content (AvgIpc) is 2.88. The molecule has 1 saturated heterocycles. The van der Waals surface area contributed by atoms with Crippen LogP contribution in [0.4, 0.5) is 11.5 Å². The minimum absolute atomic E-state index is 0.0110. The molecule has 34 heavy (non-hydrogen) atoms. The fraction of sp³-hybridized carbons (Fsp3) is 0.160. The van der Waals surface area contributed by atoms with E-state index in [0.717, 1.165) is 27.8 Å². The lowest BCUT2D eigenvalue weighted by Crippen LogP contribution is -2.49. The fourth-order valence-corrected chi connectivity index (χ4v) is 4.38. The maximum absolute atomic E-state index is 12.9. The lowest BCUT2D eigenvalue weighted by molar-refractivity contribution is -0.384. The minimum atomic E-state index is -0.586. The highest BCUT2D eigenvalue weighted by Gasteiger charge is 2.25. The molecule has 9 heteroatoms. The molecule has 0 unspecified atom stereocenters. The van der Waals surface area contributed by atoms with Gasteiger partial charge in [-0.3, -0.25) is 14.9 Å². The summed E-state index contributed by atoms with van der Waals surface area (Å²) in [7, 11) is 0. The van der Waals surface area contributed by atoms with Crippen LogP contribution in [0.2, 0.25) is 5.02 Å². The van der Waals surface area contributed by atoms with Crippen LogP contribution in [0.5, 0.6) is 0 Å². The Hall–Kier alpha value is -4.04. The molecule has 0 saturated carbocycles. The third-order valence-electron chi connectivity index (χ3n) is 6.00. The zero-order valence-corrected chi connectivity index (χ0v) is 18.9. The third kappa shape index (κ3) is 4.15. The van der Waals surface area contributed by atoms with Crippen LogP contribution >= 0.6 is 11.6 Å². The van der Waals surface area contributed by atoms with Crippen molar-refractivity contribution in [1.29, 1.82) is 0 Å². The number of nitro groups is 1. The minimum Gasteiger partial charge on any atom is -0.352 e. The second-order valence-corrected chi connectivity index (χ2v) is 8.41. The molecule has 2 heterocycles. The molecule has 0 radical (unpaired) electrons. The molecular weight excluding hydrogens is 454 g/mol. The van der Waals surface area contributed by atoms with Gasteiger partial charge in [0.25, 0.3) is 11.6 Å². The van der Waals surface area contributed by atoms with Crippen molar-refractivity contribution in [2.45, 2.75) is 0 Å². The van der Waals surface area contributed by atoms with Crippen LogP contribution in [-0.2, 0) is 0 Å². The molecule has 0 N–H and O–H groups in total. The SMILES string of the molecule is O=C(c1ccc(Cl)c([N+](=O)[O-])c1)N1CCN(c2ccc(-c3cccc4ccccc34)nn2)CC1. The molecule has 5 rings (SSSR count). The van der Waals surface area contributed by atoms with Crippen LogP contribution in [0, 0.1) is 10.1 Å². The number of rotatable bonds is 4.